The summed E-state index contributed by atoms with van der Waals surface area (Å²) in [4.78, 5) is 8.98. The Balaban J connectivity index is 2.11. The second-order valence-electron chi connectivity index (χ2n) is 5.26. The molecule has 5 nitrogen and oxygen atoms in total. The molecule has 0 bridgehead atoms. The van der Waals surface area contributed by atoms with Crippen molar-refractivity contribution in [2.24, 2.45) is 5.73 Å². The molecular weight excluding hydrogens is 238 g/mol. The van der Waals surface area contributed by atoms with Crippen molar-refractivity contribution < 1.29 is 0 Å². The zero-order valence-electron chi connectivity index (χ0n) is 11.4. The van der Waals surface area contributed by atoms with Gasteiger partial charge in [0, 0.05) is 23.0 Å². The molecule has 0 saturated heterocycles. The second-order valence-corrected chi connectivity index (χ2v) is 5.26. The number of hydrogen-bond acceptors (Lipinski definition) is 4. The highest BCUT2D eigenvalue weighted by molar-refractivity contribution is 5.29. The molecule has 1 aliphatic rings. The van der Waals surface area contributed by atoms with E-state index in [2.05, 4.69) is 15.1 Å². The summed E-state index contributed by atoms with van der Waals surface area (Å²) in [6.07, 6.45) is 6.23. The van der Waals surface area contributed by atoms with Crippen LogP contribution in [0, 0.1) is 13.8 Å². The fourth-order valence-electron chi connectivity index (χ4n) is 2.73. The summed E-state index contributed by atoms with van der Waals surface area (Å²) in [5.74, 6) is 0.660. The minimum Gasteiger partial charge on any atom is -0.324 e. The Hall–Kier alpha value is -1.75. The van der Waals surface area contributed by atoms with Gasteiger partial charge >= 0.3 is 0 Å². The average Bonchev–Trinajstić information content (AvgIpc) is 2.69. The van der Waals surface area contributed by atoms with E-state index in [9.17, 15) is 0 Å². The van der Waals surface area contributed by atoms with Crippen molar-refractivity contribution in [3.8, 4) is 5.95 Å². The monoisotopic (exact) mass is 257 g/mol. The number of rotatable bonds is 1. The van der Waals surface area contributed by atoms with Gasteiger partial charge in [0.25, 0.3) is 5.95 Å². The highest BCUT2D eigenvalue weighted by atomic mass is 15.4. The van der Waals surface area contributed by atoms with Crippen LogP contribution in [0.3, 0.4) is 0 Å². The number of nitrogens with zero attached hydrogens (tertiary/aromatic N) is 4. The predicted molar refractivity (Wildman–Crippen MR) is 73.1 cm³/mol. The van der Waals surface area contributed by atoms with Gasteiger partial charge in [-0.15, -0.1) is 0 Å². The van der Waals surface area contributed by atoms with Crippen LogP contribution in [0.15, 0.2) is 12.3 Å². The van der Waals surface area contributed by atoms with E-state index in [4.69, 9.17) is 5.73 Å². The molecule has 2 heterocycles. The average molecular weight is 257 g/mol. The maximum Gasteiger partial charge on any atom is 0.251 e. The molecule has 1 atom stereocenters. The summed E-state index contributed by atoms with van der Waals surface area (Å²) < 4.78 is 1.86. The molecular formula is C14H19N5. The zero-order valence-corrected chi connectivity index (χ0v) is 11.4. The van der Waals surface area contributed by atoms with Crippen molar-refractivity contribution in [2.75, 3.05) is 0 Å². The van der Waals surface area contributed by atoms with Gasteiger partial charge in [-0.25, -0.2) is 14.6 Å². The Morgan fingerprint density at radius 2 is 1.95 bits per heavy atom. The van der Waals surface area contributed by atoms with Gasteiger partial charge in [0.05, 0.1) is 11.9 Å². The highest BCUT2D eigenvalue weighted by Crippen LogP contribution is 2.27. The summed E-state index contributed by atoms with van der Waals surface area (Å²) in [5.41, 5.74) is 10.5. The van der Waals surface area contributed by atoms with Crippen LogP contribution in [0.25, 0.3) is 5.95 Å². The van der Waals surface area contributed by atoms with E-state index in [1.807, 2.05) is 30.8 Å². The maximum atomic E-state index is 6.20. The number of fused-ring (bicyclic) bond motifs is 1. The maximum absolute atomic E-state index is 6.20. The van der Waals surface area contributed by atoms with Crippen molar-refractivity contribution in [1.82, 2.24) is 19.7 Å². The molecule has 3 rings (SSSR count). The topological polar surface area (TPSA) is 69.6 Å². The van der Waals surface area contributed by atoms with Gasteiger partial charge in [-0.05, 0) is 39.2 Å². The summed E-state index contributed by atoms with van der Waals surface area (Å²) in [7, 11) is 0. The Bertz CT molecular complexity index is 582. The molecule has 0 amide bonds. The van der Waals surface area contributed by atoms with Crippen LogP contribution in [0.1, 0.15) is 47.9 Å². The lowest BCUT2D eigenvalue weighted by molar-refractivity contribution is 0.610. The molecule has 1 aliphatic carbocycles. The molecule has 100 valence electrons. The minimum atomic E-state index is 0.0946. The largest absolute Gasteiger partial charge is 0.324 e. The van der Waals surface area contributed by atoms with Crippen molar-refractivity contribution in [2.45, 2.75) is 45.6 Å². The predicted octanol–water partition coefficient (Wildman–Crippen LogP) is 2.01. The first-order chi connectivity index (χ1) is 9.15. The first-order valence-electron chi connectivity index (χ1n) is 6.80. The van der Waals surface area contributed by atoms with Gasteiger partial charge in [-0.2, -0.15) is 5.10 Å². The number of hydrogen-bond donors (Lipinski definition) is 1. The fourth-order valence-corrected chi connectivity index (χ4v) is 2.73. The van der Waals surface area contributed by atoms with E-state index >= 15 is 0 Å². The van der Waals surface area contributed by atoms with E-state index in [1.54, 1.807) is 0 Å². The van der Waals surface area contributed by atoms with Crippen LogP contribution in [0.5, 0.6) is 0 Å². The minimum absolute atomic E-state index is 0.0946. The van der Waals surface area contributed by atoms with Gasteiger partial charge in [0.1, 0.15) is 0 Å². The van der Waals surface area contributed by atoms with Crippen LogP contribution in [-0.2, 0) is 6.42 Å². The molecule has 0 aliphatic heterocycles. The third-order valence-corrected chi connectivity index (χ3v) is 3.64. The lowest BCUT2D eigenvalue weighted by atomic mass is 10.1. The first kappa shape index (κ1) is 12.3. The molecule has 0 saturated carbocycles. The van der Waals surface area contributed by atoms with Crippen LogP contribution in [0.4, 0.5) is 0 Å². The summed E-state index contributed by atoms with van der Waals surface area (Å²) in [6.45, 7) is 3.96. The summed E-state index contributed by atoms with van der Waals surface area (Å²) in [6, 6.07) is 2.06. The van der Waals surface area contributed by atoms with Crippen molar-refractivity contribution >= 4 is 0 Å². The number of aromatic nitrogens is 4. The van der Waals surface area contributed by atoms with Crippen LogP contribution < -0.4 is 5.73 Å². The lowest BCUT2D eigenvalue weighted by Crippen LogP contribution is -2.12. The molecule has 0 spiro atoms. The van der Waals surface area contributed by atoms with Gasteiger partial charge in [0.2, 0.25) is 0 Å². The Morgan fingerprint density at radius 1 is 1.21 bits per heavy atom. The van der Waals surface area contributed by atoms with E-state index in [-0.39, 0.29) is 6.04 Å². The Labute approximate surface area is 112 Å². The third kappa shape index (κ3) is 2.26. The number of aryl methyl sites for hydroxylation is 2. The van der Waals surface area contributed by atoms with E-state index in [0.717, 1.165) is 36.2 Å². The van der Waals surface area contributed by atoms with Crippen molar-refractivity contribution in [3.05, 3.63) is 34.9 Å². The van der Waals surface area contributed by atoms with E-state index in [0.29, 0.717) is 5.95 Å². The lowest BCUT2D eigenvalue weighted by Gasteiger charge is -2.09. The van der Waals surface area contributed by atoms with Crippen molar-refractivity contribution in [3.63, 3.8) is 0 Å². The first-order valence-corrected chi connectivity index (χ1v) is 6.80. The van der Waals surface area contributed by atoms with E-state index < -0.39 is 0 Å². The molecule has 1 unspecified atom stereocenters. The zero-order chi connectivity index (χ0) is 13.4. The van der Waals surface area contributed by atoms with Crippen LogP contribution >= 0.6 is 0 Å². The normalized spacial score (nSPS) is 19.0. The fraction of sp³-hybridized carbons (Fsp3) is 0.500. The molecule has 2 N–H and O–H groups in total. The molecule has 2 aromatic rings. The standard InChI is InChI=1S/C14H19N5/c1-9-7-10(2)18-14(17-9)19-13-6-4-3-5-12(15)11(13)8-16-19/h7-8,12H,3-6,15H2,1-2H3. The Kier molecular flexibility index (Phi) is 3.06. The third-order valence-electron chi connectivity index (χ3n) is 3.64. The SMILES string of the molecule is Cc1cc(C)nc(-n2ncc3c2CCCCC3N)n1. The molecule has 0 fully saturated rings. The van der Waals surface area contributed by atoms with Gasteiger partial charge in [0.15, 0.2) is 0 Å². The highest BCUT2D eigenvalue weighted by Gasteiger charge is 2.21. The summed E-state index contributed by atoms with van der Waals surface area (Å²) >= 11 is 0. The van der Waals surface area contributed by atoms with Crippen LogP contribution in [0.2, 0.25) is 0 Å². The number of nitrogens with two attached hydrogens (primary N) is 1. The van der Waals surface area contributed by atoms with Crippen molar-refractivity contribution in [1.29, 1.82) is 0 Å². The molecule has 0 radical (unpaired) electrons. The summed E-state index contributed by atoms with van der Waals surface area (Å²) in [5, 5.41) is 4.45. The van der Waals surface area contributed by atoms with Gasteiger partial charge < -0.3 is 5.73 Å². The van der Waals surface area contributed by atoms with Gasteiger partial charge in [-0.3, -0.25) is 0 Å². The van der Waals surface area contributed by atoms with Crippen LogP contribution in [-0.4, -0.2) is 19.7 Å². The molecule has 19 heavy (non-hydrogen) atoms. The molecule has 2 aromatic heterocycles. The molecule has 5 heteroatoms. The smallest absolute Gasteiger partial charge is 0.251 e. The molecule has 0 aromatic carbocycles. The van der Waals surface area contributed by atoms with E-state index in [1.165, 1.54) is 12.1 Å². The van der Waals surface area contributed by atoms with Gasteiger partial charge in [-0.1, -0.05) is 6.42 Å². The quantitative estimate of drug-likeness (QED) is 0.793. The Morgan fingerprint density at radius 3 is 2.68 bits per heavy atom. The second kappa shape index (κ2) is 4.74.